The summed E-state index contributed by atoms with van der Waals surface area (Å²) in [6, 6.07) is 2.75. The van der Waals surface area contributed by atoms with Crippen LogP contribution >= 0.6 is 11.3 Å². The molecule has 1 unspecified atom stereocenters. The summed E-state index contributed by atoms with van der Waals surface area (Å²) in [6.07, 6.45) is 3.34. The lowest BCUT2D eigenvalue weighted by atomic mass is 10.1. The SMILES string of the molecule is CC(C1CC1)N(C)Cc1sccc1C#CCCO. The summed E-state index contributed by atoms with van der Waals surface area (Å²) < 4.78 is 0. The maximum absolute atomic E-state index is 8.74. The molecule has 2 rings (SSSR count). The van der Waals surface area contributed by atoms with Crippen molar-refractivity contribution in [3.8, 4) is 11.8 Å². The Kier molecular flexibility index (Phi) is 4.82. The molecule has 1 heterocycles. The fourth-order valence-electron chi connectivity index (χ4n) is 2.10. The molecular weight excluding hydrogens is 242 g/mol. The van der Waals surface area contributed by atoms with Crippen molar-refractivity contribution in [2.45, 2.75) is 38.8 Å². The van der Waals surface area contributed by atoms with E-state index in [1.807, 2.05) is 0 Å². The van der Waals surface area contributed by atoms with Crippen molar-refractivity contribution in [3.05, 3.63) is 21.9 Å². The number of nitrogens with zero attached hydrogens (tertiary/aromatic N) is 1. The van der Waals surface area contributed by atoms with Gasteiger partial charge in [-0.2, -0.15) is 0 Å². The van der Waals surface area contributed by atoms with Crippen molar-refractivity contribution < 1.29 is 5.11 Å². The van der Waals surface area contributed by atoms with Crippen LogP contribution in [0.4, 0.5) is 0 Å². The van der Waals surface area contributed by atoms with Gasteiger partial charge < -0.3 is 5.11 Å². The van der Waals surface area contributed by atoms with E-state index in [9.17, 15) is 0 Å². The maximum Gasteiger partial charge on any atom is 0.0540 e. The lowest BCUT2D eigenvalue weighted by Crippen LogP contribution is -2.30. The van der Waals surface area contributed by atoms with Crippen LogP contribution in [0.2, 0.25) is 0 Å². The van der Waals surface area contributed by atoms with Gasteiger partial charge in [0.15, 0.2) is 0 Å². The van der Waals surface area contributed by atoms with Gasteiger partial charge >= 0.3 is 0 Å². The third kappa shape index (κ3) is 3.58. The molecule has 0 spiro atoms. The predicted molar refractivity (Wildman–Crippen MR) is 76.6 cm³/mol. The second-order valence-corrected chi connectivity index (χ2v) is 6.03. The topological polar surface area (TPSA) is 23.5 Å². The minimum atomic E-state index is 0.144. The molecule has 1 atom stereocenters. The van der Waals surface area contributed by atoms with Gasteiger partial charge in [0.05, 0.1) is 6.61 Å². The van der Waals surface area contributed by atoms with E-state index in [2.05, 4.69) is 42.2 Å². The minimum Gasteiger partial charge on any atom is -0.395 e. The second kappa shape index (κ2) is 6.38. The Morgan fingerprint density at radius 3 is 3.00 bits per heavy atom. The van der Waals surface area contributed by atoms with Crippen LogP contribution in [0, 0.1) is 17.8 Å². The molecule has 0 aromatic carbocycles. The summed E-state index contributed by atoms with van der Waals surface area (Å²) in [5.74, 6) is 7.06. The van der Waals surface area contributed by atoms with Crippen LogP contribution in [0.3, 0.4) is 0 Å². The van der Waals surface area contributed by atoms with Gasteiger partial charge in [-0.05, 0) is 44.2 Å². The number of rotatable bonds is 5. The van der Waals surface area contributed by atoms with Gasteiger partial charge in [-0.3, -0.25) is 4.90 Å². The third-order valence-electron chi connectivity index (χ3n) is 3.60. The molecule has 1 aliphatic rings. The van der Waals surface area contributed by atoms with Crippen LogP contribution in [0.1, 0.15) is 36.6 Å². The van der Waals surface area contributed by atoms with E-state index in [0.29, 0.717) is 12.5 Å². The van der Waals surface area contributed by atoms with Gasteiger partial charge in [0, 0.05) is 29.4 Å². The van der Waals surface area contributed by atoms with E-state index in [-0.39, 0.29) is 6.61 Å². The summed E-state index contributed by atoms with van der Waals surface area (Å²) >= 11 is 1.78. The Hall–Kier alpha value is -0.820. The first kappa shape index (κ1) is 13.6. The van der Waals surface area contributed by atoms with Gasteiger partial charge in [-0.25, -0.2) is 0 Å². The summed E-state index contributed by atoms with van der Waals surface area (Å²) in [7, 11) is 2.20. The van der Waals surface area contributed by atoms with Gasteiger partial charge in [0.2, 0.25) is 0 Å². The zero-order valence-electron chi connectivity index (χ0n) is 11.1. The number of aliphatic hydroxyl groups is 1. The summed E-state index contributed by atoms with van der Waals surface area (Å²) in [6.45, 7) is 3.45. The highest BCUT2D eigenvalue weighted by Crippen LogP contribution is 2.35. The van der Waals surface area contributed by atoms with Crippen LogP contribution in [-0.4, -0.2) is 29.7 Å². The van der Waals surface area contributed by atoms with Crippen molar-refractivity contribution >= 4 is 11.3 Å². The highest BCUT2D eigenvalue weighted by atomic mass is 32.1. The molecule has 0 radical (unpaired) electrons. The van der Waals surface area contributed by atoms with Crippen molar-refractivity contribution in [1.29, 1.82) is 0 Å². The second-order valence-electron chi connectivity index (χ2n) is 5.03. The molecule has 0 bridgehead atoms. The van der Waals surface area contributed by atoms with E-state index in [4.69, 9.17) is 5.11 Å². The smallest absolute Gasteiger partial charge is 0.0540 e. The Morgan fingerprint density at radius 1 is 1.56 bits per heavy atom. The van der Waals surface area contributed by atoms with Crippen molar-refractivity contribution in [2.24, 2.45) is 5.92 Å². The fourth-order valence-corrected chi connectivity index (χ4v) is 2.99. The molecule has 0 saturated heterocycles. The van der Waals surface area contributed by atoms with Crippen LogP contribution < -0.4 is 0 Å². The third-order valence-corrected chi connectivity index (χ3v) is 4.50. The van der Waals surface area contributed by atoms with E-state index in [1.54, 1.807) is 11.3 Å². The number of hydrogen-bond acceptors (Lipinski definition) is 3. The molecule has 2 nitrogen and oxygen atoms in total. The molecule has 1 N–H and O–H groups in total. The van der Waals surface area contributed by atoms with Gasteiger partial charge in [0.25, 0.3) is 0 Å². The molecule has 98 valence electrons. The zero-order valence-corrected chi connectivity index (χ0v) is 12.0. The highest BCUT2D eigenvalue weighted by molar-refractivity contribution is 7.10. The Labute approximate surface area is 114 Å². The predicted octanol–water partition coefficient (Wildman–Crippen LogP) is 2.71. The van der Waals surface area contributed by atoms with E-state index < -0.39 is 0 Å². The quantitative estimate of drug-likeness (QED) is 0.826. The normalized spacial score (nSPS) is 16.4. The molecule has 0 aliphatic heterocycles. The van der Waals surface area contributed by atoms with Crippen LogP contribution in [-0.2, 0) is 6.54 Å². The number of hydrogen-bond donors (Lipinski definition) is 1. The van der Waals surface area contributed by atoms with Gasteiger partial charge in [-0.15, -0.1) is 11.3 Å². The molecule has 1 aromatic heterocycles. The fraction of sp³-hybridized carbons (Fsp3) is 0.600. The first-order valence-corrected chi connectivity index (χ1v) is 7.46. The standard InChI is InChI=1S/C15H21NOS/c1-12(13-6-7-13)16(2)11-15-14(8-10-18-15)5-3-4-9-17/h8,10,12-13,17H,4,6-7,9,11H2,1-2H3. The lowest BCUT2D eigenvalue weighted by Gasteiger charge is -2.24. The van der Waals surface area contributed by atoms with Crippen molar-refractivity contribution in [3.63, 3.8) is 0 Å². The molecule has 3 heteroatoms. The van der Waals surface area contributed by atoms with Crippen LogP contribution in [0.15, 0.2) is 11.4 Å². The maximum atomic E-state index is 8.74. The number of thiophene rings is 1. The largest absolute Gasteiger partial charge is 0.395 e. The average Bonchev–Trinajstić information content (AvgIpc) is 3.12. The molecule has 1 aromatic rings. The Bertz CT molecular complexity index is 439. The van der Waals surface area contributed by atoms with Crippen LogP contribution in [0.5, 0.6) is 0 Å². The minimum absolute atomic E-state index is 0.144. The van der Waals surface area contributed by atoms with Crippen molar-refractivity contribution in [2.75, 3.05) is 13.7 Å². The molecule has 18 heavy (non-hydrogen) atoms. The van der Waals surface area contributed by atoms with E-state index in [1.165, 1.54) is 17.7 Å². The summed E-state index contributed by atoms with van der Waals surface area (Å²) in [5.41, 5.74) is 1.13. The van der Waals surface area contributed by atoms with Gasteiger partial charge in [-0.1, -0.05) is 11.8 Å². The highest BCUT2D eigenvalue weighted by Gasteiger charge is 2.30. The monoisotopic (exact) mass is 263 g/mol. The Balaban J connectivity index is 1.96. The average molecular weight is 263 g/mol. The van der Waals surface area contributed by atoms with Gasteiger partial charge in [0.1, 0.15) is 0 Å². The molecule has 1 aliphatic carbocycles. The zero-order chi connectivity index (χ0) is 13.0. The first-order valence-electron chi connectivity index (χ1n) is 6.58. The number of aliphatic hydroxyl groups excluding tert-OH is 1. The summed E-state index contributed by atoms with van der Waals surface area (Å²) in [5, 5.41) is 10.8. The van der Waals surface area contributed by atoms with Crippen molar-refractivity contribution in [1.82, 2.24) is 4.90 Å². The first-order chi connectivity index (χ1) is 8.72. The van der Waals surface area contributed by atoms with E-state index in [0.717, 1.165) is 18.0 Å². The lowest BCUT2D eigenvalue weighted by molar-refractivity contribution is 0.228. The Morgan fingerprint density at radius 2 is 2.33 bits per heavy atom. The molecule has 1 saturated carbocycles. The molecule has 0 amide bonds. The molecule has 1 fully saturated rings. The summed E-state index contributed by atoms with van der Waals surface area (Å²) in [4.78, 5) is 3.77. The molecular formula is C15H21NOS. The van der Waals surface area contributed by atoms with E-state index >= 15 is 0 Å². The van der Waals surface area contributed by atoms with Crippen LogP contribution in [0.25, 0.3) is 0 Å².